The molecule has 0 aliphatic heterocycles. The molecule has 0 bridgehead atoms. The summed E-state index contributed by atoms with van der Waals surface area (Å²) in [4.78, 5) is 23.2. The molecule has 0 unspecified atom stereocenters. The molecular formula is C15H19N2O4+. The molecule has 0 aliphatic carbocycles. The van der Waals surface area contributed by atoms with Crippen LogP contribution >= 0.6 is 0 Å². The van der Waals surface area contributed by atoms with Crippen LogP contribution in [-0.2, 0) is 16.1 Å². The molecule has 21 heavy (non-hydrogen) atoms. The zero-order valence-corrected chi connectivity index (χ0v) is 12.1. The van der Waals surface area contributed by atoms with E-state index in [0.29, 0.717) is 12.1 Å². The second-order valence-corrected chi connectivity index (χ2v) is 4.50. The molecule has 1 amide bonds. The normalized spacial score (nSPS) is 10.6. The van der Waals surface area contributed by atoms with Gasteiger partial charge in [-0.3, -0.25) is 4.79 Å². The van der Waals surface area contributed by atoms with Gasteiger partial charge in [0, 0.05) is 12.4 Å². The Balaban J connectivity index is 2.27. The topological polar surface area (TPSA) is 85.2 Å². The van der Waals surface area contributed by atoms with Crippen molar-refractivity contribution in [1.29, 1.82) is 0 Å². The van der Waals surface area contributed by atoms with Crippen LogP contribution < -0.4 is 10.6 Å². The lowest BCUT2D eigenvalue weighted by Crippen LogP contribution is -2.85. The number of carbonyl (C=O) groups excluding carboxylic acids is 2. The molecule has 0 saturated heterocycles. The Morgan fingerprint density at radius 3 is 2.81 bits per heavy atom. The second-order valence-electron chi connectivity index (χ2n) is 4.50. The van der Waals surface area contributed by atoms with E-state index in [-0.39, 0.29) is 24.8 Å². The molecule has 3 N–H and O–H groups in total. The third-order valence-corrected chi connectivity index (χ3v) is 3.12. The Morgan fingerprint density at radius 2 is 2.10 bits per heavy atom. The van der Waals surface area contributed by atoms with E-state index in [0.717, 1.165) is 10.9 Å². The first-order chi connectivity index (χ1) is 10.2. The Hall–Kier alpha value is -2.34. The third kappa shape index (κ3) is 3.41. The van der Waals surface area contributed by atoms with Crippen molar-refractivity contribution in [3.63, 3.8) is 0 Å². The molecule has 1 aromatic heterocycles. The predicted molar refractivity (Wildman–Crippen MR) is 76.7 cm³/mol. The van der Waals surface area contributed by atoms with Gasteiger partial charge in [-0.2, -0.15) is 0 Å². The smallest absolute Gasteiger partial charge is 0.374 e. The zero-order chi connectivity index (χ0) is 15.2. The number of para-hydroxylation sites is 1. The molecule has 1 heterocycles. The van der Waals surface area contributed by atoms with Crippen LogP contribution in [-0.4, -0.2) is 32.1 Å². The number of nitrogens with two attached hydrogens (primary N) is 1. The fraction of sp³-hybridized carbons (Fsp3) is 0.333. The van der Waals surface area contributed by atoms with Gasteiger partial charge >= 0.3 is 5.97 Å². The average Bonchev–Trinajstić information content (AvgIpc) is 2.86. The molecule has 6 nitrogen and oxygen atoms in total. The molecule has 1 aromatic carbocycles. The van der Waals surface area contributed by atoms with Gasteiger partial charge in [0.2, 0.25) is 5.76 Å². The van der Waals surface area contributed by atoms with Gasteiger partial charge in [0.05, 0.1) is 12.2 Å². The lowest BCUT2D eigenvalue weighted by atomic mass is 10.1. The highest BCUT2D eigenvalue weighted by atomic mass is 16.5. The van der Waals surface area contributed by atoms with E-state index in [1.165, 1.54) is 0 Å². The summed E-state index contributed by atoms with van der Waals surface area (Å²) in [6, 6.07) is 7.43. The number of fused-ring (bicyclic) bond motifs is 1. The van der Waals surface area contributed by atoms with Crippen LogP contribution in [0, 0.1) is 0 Å². The number of benzene rings is 1. The van der Waals surface area contributed by atoms with E-state index in [1.807, 2.05) is 23.5 Å². The van der Waals surface area contributed by atoms with Crippen LogP contribution in [0.3, 0.4) is 0 Å². The first kappa shape index (κ1) is 15.1. The van der Waals surface area contributed by atoms with E-state index in [2.05, 4.69) is 5.32 Å². The summed E-state index contributed by atoms with van der Waals surface area (Å²) in [5.74, 6) is -0.330. The van der Waals surface area contributed by atoms with Crippen molar-refractivity contribution >= 4 is 22.8 Å². The van der Waals surface area contributed by atoms with Crippen LogP contribution in [0.2, 0.25) is 0 Å². The van der Waals surface area contributed by atoms with E-state index in [9.17, 15) is 9.59 Å². The minimum absolute atomic E-state index is 0.0690. The van der Waals surface area contributed by atoms with Gasteiger partial charge in [0.15, 0.2) is 6.54 Å². The predicted octanol–water partition coefficient (Wildman–Crippen LogP) is 0.419. The monoisotopic (exact) mass is 291 g/mol. The number of quaternary nitrogens is 1. The number of nitrogens with one attached hydrogen (secondary N) is 1. The molecule has 112 valence electrons. The summed E-state index contributed by atoms with van der Waals surface area (Å²) in [5, 5.41) is 5.24. The number of hydrogen-bond acceptors (Lipinski definition) is 4. The third-order valence-electron chi connectivity index (χ3n) is 3.12. The molecule has 0 saturated carbocycles. The number of rotatable bonds is 6. The summed E-state index contributed by atoms with van der Waals surface area (Å²) in [7, 11) is 1.59. The molecule has 2 aromatic rings. The lowest BCUT2D eigenvalue weighted by Gasteiger charge is -2.03. The maximum Gasteiger partial charge on any atom is 0.374 e. The van der Waals surface area contributed by atoms with Gasteiger partial charge in [0.1, 0.15) is 12.1 Å². The minimum Gasteiger partial charge on any atom is -0.460 e. The van der Waals surface area contributed by atoms with E-state index in [1.54, 1.807) is 20.0 Å². The SMILES string of the molecule is CCOC(=O)c1oc2ccccc2c1C[NH2+]CC(=O)NC. The van der Waals surface area contributed by atoms with Gasteiger partial charge < -0.3 is 19.8 Å². The minimum atomic E-state index is -0.475. The standard InChI is InChI=1S/C15H18N2O4/c1-3-20-15(19)14-11(8-17-9-13(18)16-2)10-6-4-5-7-12(10)21-14/h4-7,17H,3,8-9H2,1-2H3,(H,16,18)/p+1. The van der Waals surface area contributed by atoms with Gasteiger partial charge in [-0.1, -0.05) is 18.2 Å². The van der Waals surface area contributed by atoms with Crippen molar-refractivity contribution in [1.82, 2.24) is 5.32 Å². The maximum atomic E-state index is 12.0. The quantitative estimate of drug-likeness (QED) is 0.755. The van der Waals surface area contributed by atoms with E-state index in [4.69, 9.17) is 9.15 Å². The van der Waals surface area contributed by atoms with Crippen LogP contribution in [0.15, 0.2) is 28.7 Å². The molecule has 2 rings (SSSR count). The van der Waals surface area contributed by atoms with Gasteiger partial charge in [0.25, 0.3) is 5.91 Å². The number of carbonyl (C=O) groups is 2. The van der Waals surface area contributed by atoms with Crippen molar-refractivity contribution in [3.8, 4) is 0 Å². The number of esters is 1. The number of likely N-dealkylation sites (N-methyl/N-ethyl adjacent to an activating group) is 1. The van der Waals surface area contributed by atoms with Crippen LogP contribution in [0.25, 0.3) is 11.0 Å². The number of hydrogen-bond donors (Lipinski definition) is 2. The Kier molecular flexibility index (Phi) is 4.94. The number of amides is 1. The van der Waals surface area contributed by atoms with Crippen LogP contribution in [0.4, 0.5) is 0 Å². The highest BCUT2D eigenvalue weighted by molar-refractivity contribution is 5.96. The molecule has 0 spiro atoms. The summed E-state index contributed by atoms with van der Waals surface area (Å²) < 4.78 is 10.6. The largest absolute Gasteiger partial charge is 0.460 e. The van der Waals surface area contributed by atoms with E-state index < -0.39 is 5.97 Å². The Morgan fingerprint density at radius 1 is 1.33 bits per heavy atom. The van der Waals surface area contributed by atoms with Crippen molar-refractivity contribution in [2.45, 2.75) is 13.5 Å². The Labute approximate surface area is 122 Å². The van der Waals surface area contributed by atoms with Crippen molar-refractivity contribution in [3.05, 3.63) is 35.6 Å². The first-order valence-corrected chi connectivity index (χ1v) is 6.87. The van der Waals surface area contributed by atoms with Crippen LogP contribution in [0.5, 0.6) is 0 Å². The van der Waals surface area contributed by atoms with Crippen LogP contribution in [0.1, 0.15) is 23.0 Å². The zero-order valence-electron chi connectivity index (χ0n) is 12.1. The average molecular weight is 291 g/mol. The number of ether oxygens (including phenoxy) is 1. The summed E-state index contributed by atoms with van der Waals surface area (Å²) in [6.07, 6.45) is 0. The second kappa shape index (κ2) is 6.90. The number of furan rings is 1. The Bertz CT molecular complexity index is 648. The summed E-state index contributed by atoms with van der Waals surface area (Å²) in [6.45, 7) is 2.80. The van der Waals surface area contributed by atoms with E-state index >= 15 is 0 Å². The first-order valence-electron chi connectivity index (χ1n) is 6.87. The summed E-state index contributed by atoms with van der Waals surface area (Å²) in [5.41, 5.74) is 1.40. The van der Waals surface area contributed by atoms with Crippen molar-refractivity contribution in [2.75, 3.05) is 20.2 Å². The maximum absolute atomic E-state index is 12.0. The van der Waals surface area contributed by atoms with Gasteiger partial charge in [-0.25, -0.2) is 4.79 Å². The van der Waals surface area contributed by atoms with Gasteiger partial charge in [-0.15, -0.1) is 0 Å². The highest BCUT2D eigenvalue weighted by Gasteiger charge is 2.22. The van der Waals surface area contributed by atoms with Crippen molar-refractivity contribution in [2.24, 2.45) is 0 Å². The molecule has 0 radical (unpaired) electrons. The molecule has 0 atom stereocenters. The van der Waals surface area contributed by atoms with Gasteiger partial charge in [-0.05, 0) is 13.0 Å². The molecular weight excluding hydrogens is 272 g/mol. The highest BCUT2D eigenvalue weighted by Crippen LogP contribution is 2.25. The molecule has 6 heteroatoms. The fourth-order valence-electron chi connectivity index (χ4n) is 2.11. The van der Waals surface area contributed by atoms with Crippen molar-refractivity contribution < 1.29 is 24.1 Å². The summed E-state index contributed by atoms with van der Waals surface area (Å²) >= 11 is 0. The fourth-order valence-corrected chi connectivity index (χ4v) is 2.11. The molecule has 0 fully saturated rings. The molecule has 0 aliphatic rings. The lowest BCUT2D eigenvalue weighted by molar-refractivity contribution is -0.659.